The van der Waals surface area contributed by atoms with Crippen LogP contribution in [0.25, 0.3) is 0 Å². The molecule has 0 radical (unpaired) electrons. The van der Waals surface area contributed by atoms with E-state index in [9.17, 15) is 18.4 Å². The molecule has 0 atom stereocenters. The minimum absolute atomic E-state index is 0.0853. The van der Waals surface area contributed by atoms with Gasteiger partial charge >= 0.3 is 0 Å². The average molecular weight is 444 g/mol. The van der Waals surface area contributed by atoms with Crippen LogP contribution in [-0.4, -0.2) is 18.6 Å². The van der Waals surface area contributed by atoms with E-state index in [1.165, 1.54) is 34.1 Å². The van der Waals surface area contributed by atoms with Gasteiger partial charge in [0, 0.05) is 23.7 Å². The minimum Gasteiger partial charge on any atom is -0.759 e. The Morgan fingerprint density at radius 1 is 0.967 bits per heavy atom. The van der Waals surface area contributed by atoms with Gasteiger partial charge in [0.2, 0.25) is 15.9 Å². The summed E-state index contributed by atoms with van der Waals surface area (Å²) >= 11 is 6.01. The van der Waals surface area contributed by atoms with Crippen LogP contribution in [0.5, 0.6) is 0 Å². The van der Waals surface area contributed by atoms with Crippen molar-refractivity contribution in [3.8, 4) is 0 Å². The Labute approximate surface area is 180 Å². The number of aryl methyl sites for hydroxylation is 1. The summed E-state index contributed by atoms with van der Waals surface area (Å²) in [4.78, 5) is 11.6. The van der Waals surface area contributed by atoms with Crippen molar-refractivity contribution >= 4 is 27.5 Å². The van der Waals surface area contributed by atoms with Gasteiger partial charge in [-0.2, -0.15) is 4.31 Å². The van der Waals surface area contributed by atoms with Gasteiger partial charge in [-0.1, -0.05) is 59.6 Å². The maximum Gasteiger partial charge on any atom is 0.243 e. The van der Waals surface area contributed by atoms with Crippen LogP contribution < -0.4 is 5.48 Å². The molecular formula is C22H20ClN2O4S-. The fraction of sp³-hybridized carbons (Fsp3) is 0.136. The third-order valence-corrected chi connectivity index (χ3v) is 6.60. The van der Waals surface area contributed by atoms with Gasteiger partial charge in [-0.15, -0.1) is 0 Å². The number of nitrogens with zero attached hydrogens (tertiary/aromatic N) is 1. The predicted molar refractivity (Wildman–Crippen MR) is 116 cm³/mol. The third kappa shape index (κ3) is 5.25. The van der Waals surface area contributed by atoms with Gasteiger partial charge in [0.05, 0.1) is 4.90 Å². The second-order valence-corrected chi connectivity index (χ2v) is 9.22. The van der Waals surface area contributed by atoms with Crippen LogP contribution in [0.15, 0.2) is 77.7 Å². The molecule has 1 N–H and O–H groups in total. The zero-order chi connectivity index (χ0) is 21.7. The molecule has 0 saturated heterocycles. The van der Waals surface area contributed by atoms with Crippen LogP contribution in [0.1, 0.15) is 27.0 Å². The van der Waals surface area contributed by atoms with Crippen molar-refractivity contribution in [3.05, 3.63) is 105 Å². The molecule has 0 heterocycles. The molecule has 3 aromatic rings. The SMILES string of the molecule is Cc1ccc(CN(Cc2ccc(C(=O)N[O-])cc2)S(=O)(=O)c2cccc(Cl)c2)cc1. The lowest BCUT2D eigenvalue weighted by molar-refractivity contribution is 0.0970. The van der Waals surface area contributed by atoms with Crippen LogP contribution in [0.4, 0.5) is 0 Å². The minimum atomic E-state index is -3.84. The highest BCUT2D eigenvalue weighted by Crippen LogP contribution is 2.24. The van der Waals surface area contributed by atoms with Gasteiger partial charge in [0.1, 0.15) is 0 Å². The Balaban J connectivity index is 1.94. The summed E-state index contributed by atoms with van der Waals surface area (Å²) in [6, 6.07) is 20.0. The summed E-state index contributed by atoms with van der Waals surface area (Å²) in [7, 11) is -3.84. The monoisotopic (exact) mass is 443 g/mol. The van der Waals surface area contributed by atoms with E-state index in [0.29, 0.717) is 10.6 Å². The highest BCUT2D eigenvalue weighted by Gasteiger charge is 2.25. The Hall–Kier alpha value is -2.71. The van der Waals surface area contributed by atoms with E-state index < -0.39 is 15.9 Å². The highest BCUT2D eigenvalue weighted by atomic mass is 35.5. The van der Waals surface area contributed by atoms with E-state index in [1.807, 2.05) is 31.2 Å². The molecule has 0 saturated carbocycles. The molecule has 0 unspecified atom stereocenters. The number of hydrogen-bond acceptors (Lipinski definition) is 4. The molecule has 6 nitrogen and oxygen atoms in total. The van der Waals surface area contributed by atoms with E-state index in [-0.39, 0.29) is 23.5 Å². The molecule has 0 fully saturated rings. The molecule has 0 aromatic heterocycles. The van der Waals surface area contributed by atoms with Crippen molar-refractivity contribution in [2.45, 2.75) is 24.9 Å². The zero-order valence-corrected chi connectivity index (χ0v) is 17.8. The van der Waals surface area contributed by atoms with Crippen LogP contribution in [-0.2, 0) is 23.1 Å². The lowest BCUT2D eigenvalue weighted by atomic mass is 10.1. The number of carbonyl (C=O) groups excluding carboxylic acids is 1. The quantitative estimate of drug-likeness (QED) is 0.552. The smallest absolute Gasteiger partial charge is 0.243 e. The molecular weight excluding hydrogens is 424 g/mol. The Bertz CT molecular complexity index is 1130. The first kappa shape index (κ1) is 22.0. The Morgan fingerprint density at radius 3 is 2.07 bits per heavy atom. The summed E-state index contributed by atoms with van der Waals surface area (Å²) in [5.41, 5.74) is 4.12. The van der Waals surface area contributed by atoms with Crippen molar-refractivity contribution in [1.82, 2.24) is 9.79 Å². The normalized spacial score (nSPS) is 11.5. The number of hydrogen-bond donors (Lipinski definition) is 1. The molecule has 1 amide bonds. The summed E-state index contributed by atoms with van der Waals surface area (Å²) in [6.45, 7) is 2.21. The van der Waals surface area contributed by atoms with E-state index >= 15 is 0 Å². The third-order valence-electron chi connectivity index (χ3n) is 4.58. The number of rotatable bonds is 7. The van der Waals surface area contributed by atoms with Gasteiger partial charge in [-0.25, -0.2) is 8.42 Å². The fourth-order valence-electron chi connectivity index (χ4n) is 2.92. The largest absolute Gasteiger partial charge is 0.759 e. The molecule has 0 aliphatic carbocycles. The average Bonchev–Trinajstić information content (AvgIpc) is 2.74. The van der Waals surface area contributed by atoms with Crippen LogP contribution in [0.3, 0.4) is 0 Å². The fourth-order valence-corrected chi connectivity index (χ4v) is 4.64. The zero-order valence-electron chi connectivity index (χ0n) is 16.2. The van der Waals surface area contributed by atoms with E-state index in [1.54, 1.807) is 24.3 Å². The van der Waals surface area contributed by atoms with E-state index in [2.05, 4.69) is 0 Å². The molecule has 0 spiro atoms. The molecule has 30 heavy (non-hydrogen) atoms. The van der Waals surface area contributed by atoms with Gasteiger partial charge in [-0.05, 0) is 48.4 Å². The molecule has 3 rings (SSSR count). The van der Waals surface area contributed by atoms with Crippen molar-refractivity contribution in [2.75, 3.05) is 0 Å². The number of halogens is 1. The maximum atomic E-state index is 13.3. The second-order valence-electron chi connectivity index (χ2n) is 6.84. The Kier molecular flexibility index (Phi) is 6.89. The second kappa shape index (κ2) is 9.40. The number of nitrogens with one attached hydrogen (secondary N) is 1. The van der Waals surface area contributed by atoms with Crippen LogP contribution in [0.2, 0.25) is 5.02 Å². The van der Waals surface area contributed by atoms with Crippen LogP contribution >= 0.6 is 11.6 Å². The van der Waals surface area contributed by atoms with Crippen molar-refractivity contribution < 1.29 is 13.2 Å². The number of hydroxylamine groups is 1. The Morgan fingerprint density at radius 2 is 1.53 bits per heavy atom. The molecule has 3 aromatic carbocycles. The highest BCUT2D eigenvalue weighted by molar-refractivity contribution is 7.89. The number of benzene rings is 3. The first-order valence-electron chi connectivity index (χ1n) is 9.12. The molecule has 8 heteroatoms. The topological polar surface area (TPSA) is 89.5 Å². The summed E-state index contributed by atoms with van der Waals surface area (Å²) in [5.74, 6) is -0.746. The van der Waals surface area contributed by atoms with E-state index in [0.717, 1.165) is 11.1 Å². The summed E-state index contributed by atoms with van der Waals surface area (Å²) < 4.78 is 28.0. The van der Waals surface area contributed by atoms with Crippen molar-refractivity contribution in [2.24, 2.45) is 0 Å². The predicted octanol–water partition coefficient (Wildman–Crippen LogP) is 4.27. The first-order valence-corrected chi connectivity index (χ1v) is 10.9. The molecule has 156 valence electrons. The number of amides is 1. The van der Waals surface area contributed by atoms with Crippen molar-refractivity contribution in [1.29, 1.82) is 0 Å². The first-order chi connectivity index (χ1) is 14.3. The number of carbonyl (C=O) groups is 1. The summed E-state index contributed by atoms with van der Waals surface area (Å²) in [6.07, 6.45) is 0. The lowest BCUT2D eigenvalue weighted by Crippen LogP contribution is -2.30. The number of sulfonamides is 1. The van der Waals surface area contributed by atoms with Gasteiger partial charge < -0.3 is 10.7 Å². The standard InChI is InChI=1S/C22H20ClN2O4S/c1-16-5-7-17(8-6-16)14-25(30(28,29)21-4-2-3-20(23)13-21)15-18-9-11-19(12-10-18)22(26)24-27/h2-13H,14-15H2,1H3,(H-,24,26,27)/q-1. The van der Waals surface area contributed by atoms with Crippen LogP contribution in [0, 0.1) is 12.1 Å². The lowest BCUT2D eigenvalue weighted by Gasteiger charge is -2.23. The molecule has 0 aliphatic heterocycles. The van der Waals surface area contributed by atoms with Crippen molar-refractivity contribution in [3.63, 3.8) is 0 Å². The van der Waals surface area contributed by atoms with Gasteiger partial charge in [0.25, 0.3) is 0 Å². The van der Waals surface area contributed by atoms with Gasteiger partial charge in [-0.3, -0.25) is 4.79 Å². The molecule has 0 aliphatic rings. The van der Waals surface area contributed by atoms with E-state index in [4.69, 9.17) is 11.6 Å². The molecule has 0 bridgehead atoms. The maximum absolute atomic E-state index is 13.3. The summed E-state index contributed by atoms with van der Waals surface area (Å²) in [5, 5.41) is 10.9. The van der Waals surface area contributed by atoms with Gasteiger partial charge in [0.15, 0.2) is 0 Å².